The minimum absolute atomic E-state index is 0.401. The van der Waals surface area contributed by atoms with Gasteiger partial charge in [-0.2, -0.15) is 0 Å². The Labute approximate surface area is 183 Å². The Kier molecular flexibility index (Phi) is 19.8. The quantitative estimate of drug-likeness (QED) is 0.155. The van der Waals surface area contributed by atoms with Crippen molar-refractivity contribution in [2.75, 3.05) is 6.61 Å². The lowest BCUT2D eigenvalue weighted by atomic mass is 10.0. The molecule has 0 N–H and O–H groups in total. The van der Waals surface area contributed by atoms with Crippen LogP contribution < -0.4 is 0 Å². The Morgan fingerprint density at radius 1 is 0.607 bits per heavy atom. The highest BCUT2D eigenvalue weighted by Crippen LogP contribution is 2.14. The van der Waals surface area contributed by atoms with Crippen LogP contribution in [-0.4, -0.2) is 28.8 Å². The maximum Gasteiger partial charge on any atom is 0.259 e. The molecule has 0 saturated carbocycles. The molecule has 28 heavy (non-hydrogen) atoms. The Bertz CT molecular complexity index is 335. The first-order chi connectivity index (χ1) is 13.5. The summed E-state index contributed by atoms with van der Waals surface area (Å²) in [5.41, 5.74) is 0. The molecular weight excluding hydrogens is 362 g/mol. The monoisotopic (exact) mass is 413 g/mol. The zero-order valence-corrected chi connectivity index (χ0v) is 20.8. The van der Waals surface area contributed by atoms with Gasteiger partial charge in [-0.3, -0.25) is 0 Å². The number of unbranched alkanes of at least 4 members (excludes halogenated alkanes) is 15. The van der Waals surface area contributed by atoms with Crippen LogP contribution in [0.1, 0.15) is 137 Å². The molecular formula is C25H51NOS. The number of rotatable bonds is 19. The Hall–Kier alpha value is -0.310. The molecule has 0 fully saturated rings. The largest absolute Gasteiger partial charge is 0.471 e. The third-order valence-corrected chi connectivity index (χ3v) is 5.88. The van der Waals surface area contributed by atoms with E-state index in [1.807, 2.05) is 0 Å². The summed E-state index contributed by atoms with van der Waals surface area (Å²) in [7, 11) is 0. The van der Waals surface area contributed by atoms with Gasteiger partial charge in [0.15, 0.2) is 0 Å². The standard InChI is InChI=1S/C25H51NOS/c1-6-7-8-9-10-11-12-13-14-15-16-17-18-19-20-21-22-27-25(28)26(23(2)3)24(4)5/h23-24H,6-22H2,1-5H3. The summed E-state index contributed by atoms with van der Waals surface area (Å²) in [4.78, 5) is 2.18. The van der Waals surface area contributed by atoms with Gasteiger partial charge in [-0.1, -0.05) is 103 Å². The second-order valence-electron chi connectivity index (χ2n) is 9.01. The van der Waals surface area contributed by atoms with Gasteiger partial charge in [-0.05, 0) is 46.3 Å². The van der Waals surface area contributed by atoms with Crippen LogP contribution in [-0.2, 0) is 4.74 Å². The molecule has 0 atom stereocenters. The topological polar surface area (TPSA) is 12.5 Å². The fourth-order valence-electron chi connectivity index (χ4n) is 3.90. The fraction of sp³-hybridized carbons (Fsp3) is 0.960. The van der Waals surface area contributed by atoms with Crippen LogP contribution in [0.2, 0.25) is 0 Å². The van der Waals surface area contributed by atoms with Gasteiger partial charge in [0.2, 0.25) is 0 Å². The van der Waals surface area contributed by atoms with Gasteiger partial charge in [-0.25, -0.2) is 0 Å². The van der Waals surface area contributed by atoms with E-state index >= 15 is 0 Å². The third-order valence-electron chi connectivity index (χ3n) is 5.55. The summed E-state index contributed by atoms with van der Waals surface area (Å²) >= 11 is 5.44. The number of nitrogens with zero attached hydrogens (tertiary/aromatic N) is 1. The van der Waals surface area contributed by atoms with E-state index in [0.717, 1.165) is 13.0 Å². The average Bonchev–Trinajstić information content (AvgIpc) is 2.63. The predicted molar refractivity (Wildman–Crippen MR) is 130 cm³/mol. The number of ether oxygens (including phenoxy) is 1. The smallest absolute Gasteiger partial charge is 0.259 e. The van der Waals surface area contributed by atoms with Gasteiger partial charge in [0.05, 0.1) is 6.61 Å². The molecule has 0 saturated heterocycles. The van der Waals surface area contributed by atoms with Gasteiger partial charge in [0.1, 0.15) is 0 Å². The molecule has 168 valence electrons. The molecule has 0 heterocycles. The lowest BCUT2D eigenvalue weighted by molar-refractivity contribution is 0.191. The summed E-state index contributed by atoms with van der Waals surface area (Å²) in [5, 5.41) is 0.672. The summed E-state index contributed by atoms with van der Waals surface area (Å²) in [6.07, 6.45) is 22.4. The van der Waals surface area contributed by atoms with Gasteiger partial charge >= 0.3 is 0 Å². The Morgan fingerprint density at radius 2 is 0.929 bits per heavy atom. The minimum atomic E-state index is 0.401. The summed E-state index contributed by atoms with van der Waals surface area (Å²) in [6.45, 7) is 11.7. The zero-order chi connectivity index (χ0) is 21.0. The zero-order valence-electron chi connectivity index (χ0n) is 19.9. The SMILES string of the molecule is CCCCCCCCCCCCCCCCCCOC(=S)N(C(C)C)C(C)C. The first-order valence-corrected chi connectivity index (χ1v) is 12.9. The molecule has 0 spiro atoms. The van der Waals surface area contributed by atoms with E-state index in [9.17, 15) is 0 Å². The molecule has 2 nitrogen and oxygen atoms in total. The van der Waals surface area contributed by atoms with Crippen molar-refractivity contribution in [2.24, 2.45) is 0 Å². The second-order valence-corrected chi connectivity index (χ2v) is 9.36. The van der Waals surface area contributed by atoms with Gasteiger partial charge in [-0.15, -0.1) is 0 Å². The highest BCUT2D eigenvalue weighted by atomic mass is 32.1. The van der Waals surface area contributed by atoms with E-state index in [1.165, 1.54) is 96.3 Å². The molecule has 0 aliphatic heterocycles. The second kappa shape index (κ2) is 20.0. The molecule has 0 radical (unpaired) electrons. The Morgan fingerprint density at radius 3 is 1.25 bits per heavy atom. The number of hydrogen-bond donors (Lipinski definition) is 0. The molecule has 0 aromatic rings. The van der Waals surface area contributed by atoms with Crippen molar-refractivity contribution < 1.29 is 4.74 Å². The van der Waals surface area contributed by atoms with Gasteiger partial charge < -0.3 is 9.64 Å². The van der Waals surface area contributed by atoms with Crippen LogP contribution >= 0.6 is 12.2 Å². The molecule has 0 aliphatic carbocycles. The number of thiocarbonyl (C=S) groups is 1. The van der Waals surface area contributed by atoms with Crippen molar-refractivity contribution in [1.82, 2.24) is 4.90 Å². The summed E-state index contributed by atoms with van der Waals surface area (Å²) in [5.74, 6) is 0. The molecule has 3 heteroatoms. The van der Waals surface area contributed by atoms with Gasteiger partial charge in [0, 0.05) is 12.1 Å². The highest BCUT2D eigenvalue weighted by Gasteiger charge is 2.17. The maximum absolute atomic E-state index is 5.80. The van der Waals surface area contributed by atoms with E-state index in [0.29, 0.717) is 17.3 Å². The summed E-state index contributed by atoms with van der Waals surface area (Å²) < 4.78 is 5.80. The first-order valence-electron chi connectivity index (χ1n) is 12.5. The lowest BCUT2D eigenvalue weighted by Gasteiger charge is -2.32. The van der Waals surface area contributed by atoms with Crippen molar-refractivity contribution in [3.63, 3.8) is 0 Å². The first kappa shape index (κ1) is 27.7. The third kappa shape index (κ3) is 16.6. The molecule has 0 aromatic heterocycles. The van der Waals surface area contributed by atoms with Crippen molar-refractivity contribution in [1.29, 1.82) is 0 Å². The summed E-state index contributed by atoms with van der Waals surface area (Å²) in [6, 6.07) is 0.802. The van der Waals surface area contributed by atoms with E-state index in [2.05, 4.69) is 39.5 Å². The normalized spacial score (nSPS) is 11.4. The van der Waals surface area contributed by atoms with Crippen LogP contribution in [0.15, 0.2) is 0 Å². The molecule has 0 unspecified atom stereocenters. The molecule has 0 aliphatic rings. The van der Waals surface area contributed by atoms with Crippen LogP contribution in [0.3, 0.4) is 0 Å². The maximum atomic E-state index is 5.80. The van der Waals surface area contributed by atoms with Crippen molar-refractivity contribution >= 4 is 17.4 Å². The van der Waals surface area contributed by atoms with Gasteiger partial charge in [0.25, 0.3) is 5.17 Å². The van der Waals surface area contributed by atoms with Crippen molar-refractivity contribution in [2.45, 2.75) is 149 Å². The highest BCUT2D eigenvalue weighted by molar-refractivity contribution is 7.80. The molecule has 0 aromatic carbocycles. The van der Waals surface area contributed by atoms with Crippen LogP contribution in [0.5, 0.6) is 0 Å². The van der Waals surface area contributed by atoms with Crippen LogP contribution in [0, 0.1) is 0 Å². The van der Waals surface area contributed by atoms with Crippen LogP contribution in [0.4, 0.5) is 0 Å². The van der Waals surface area contributed by atoms with E-state index in [1.54, 1.807) is 0 Å². The average molecular weight is 414 g/mol. The Balaban J connectivity index is 3.31. The lowest BCUT2D eigenvalue weighted by Crippen LogP contribution is -2.42. The molecule has 0 bridgehead atoms. The van der Waals surface area contributed by atoms with E-state index < -0.39 is 0 Å². The van der Waals surface area contributed by atoms with Crippen LogP contribution in [0.25, 0.3) is 0 Å². The molecule has 0 amide bonds. The fourth-order valence-corrected chi connectivity index (χ4v) is 4.41. The van der Waals surface area contributed by atoms with Crippen molar-refractivity contribution in [3.05, 3.63) is 0 Å². The van der Waals surface area contributed by atoms with E-state index in [-0.39, 0.29) is 0 Å². The predicted octanol–water partition coefficient (Wildman–Crippen LogP) is 8.67. The minimum Gasteiger partial charge on any atom is -0.471 e. The molecule has 0 rings (SSSR count). The number of hydrogen-bond acceptors (Lipinski definition) is 2. The van der Waals surface area contributed by atoms with E-state index in [4.69, 9.17) is 17.0 Å². The van der Waals surface area contributed by atoms with Crippen molar-refractivity contribution in [3.8, 4) is 0 Å².